The highest BCUT2D eigenvalue weighted by molar-refractivity contribution is 6.30. The van der Waals surface area contributed by atoms with E-state index in [0.717, 1.165) is 0 Å². The number of carbonyl (C=O) groups is 2. The largest absolute Gasteiger partial charge is 0.480 e. The molecule has 100 valence electrons. The predicted molar refractivity (Wildman–Crippen MR) is 67.0 cm³/mol. The van der Waals surface area contributed by atoms with E-state index >= 15 is 0 Å². The van der Waals surface area contributed by atoms with E-state index in [1.807, 2.05) is 0 Å². The molecule has 0 aliphatic carbocycles. The number of aromatic nitrogens is 3. The second kappa shape index (κ2) is 5.57. The fourth-order valence-electron chi connectivity index (χ4n) is 1.55. The summed E-state index contributed by atoms with van der Waals surface area (Å²) in [5.41, 5.74) is 0.832. The number of nitrogens with zero attached hydrogens (tertiary/aromatic N) is 1. The van der Waals surface area contributed by atoms with Gasteiger partial charge in [-0.3, -0.25) is 4.79 Å². The molecule has 0 aliphatic rings. The van der Waals surface area contributed by atoms with Crippen LogP contribution in [-0.4, -0.2) is 38.0 Å². The van der Waals surface area contributed by atoms with Gasteiger partial charge in [0.05, 0.1) is 11.3 Å². The monoisotopic (exact) mass is 282 g/mol. The molecule has 1 unspecified atom stereocenters. The molecule has 4 N–H and O–H groups in total. The molecule has 7 nitrogen and oxygen atoms in total. The molecule has 0 saturated heterocycles. The lowest BCUT2D eigenvalue weighted by molar-refractivity contribution is -0.139. The lowest BCUT2D eigenvalue weighted by atomic mass is 10.1. The molecular formula is C11H11ClN4O3. The number of carboxylic acid groups (broad SMARTS) is 1. The summed E-state index contributed by atoms with van der Waals surface area (Å²) in [5.74, 6) is -1.65. The number of aromatic amines is 2. The van der Waals surface area contributed by atoms with Crippen LogP contribution in [0.25, 0.3) is 0 Å². The number of carbonyl (C=O) groups excluding carboxylic acids is 1. The van der Waals surface area contributed by atoms with Gasteiger partial charge in [-0.25, -0.2) is 9.78 Å². The number of rotatable bonds is 5. The van der Waals surface area contributed by atoms with Crippen molar-refractivity contribution in [2.45, 2.75) is 12.5 Å². The number of carboxylic acids is 1. The van der Waals surface area contributed by atoms with Crippen molar-refractivity contribution in [1.29, 1.82) is 0 Å². The Morgan fingerprint density at radius 2 is 2.26 bits per heavy atom. The van der Waals surface area contributed by atoms with Crippen molar-refractivity contribution >= 4 is 23.5 Å². The SMILES string of the molecule is O=C(NC(Cc1cnc[nH]1)C(=O)O)c1cc(Cl)c[nH]1. The van der Waals surface area contributed by atoms with Crippen LogP contribution < -0.4 is 5.32 Å². The second-order valence-corrected chi connectivity index (χ2v) is 4.31. The van der Waals surface area contributed by atoms with Crippen LogP contribution >= 0.6 is 11.6 Å². The highest BCUT2D eigenvalue weighted by Crippen LogP contribution is 2.09. The number of hydrogen-bond acceptors (Lipinski definition) is 3. The van der Waals surface area contributed by atoms with Gasteiger partial charge in [0.2, 0.25) is 0 Å². The molecule has 1 atom stereocenters. The lowest BCUT2D eigenvalue weighted by Gasteiger charge is -2.12. The van der Waals surface area contributed by atoms with E-state index in [-0.39, 0.29) is 12.1 Å². The molecule has 0 bridgehead atoms. The summed E-state index contributed by atoms with van der Waals surface area (Å²) >= 11 is 5.68. The summed E-state index contributed by atoms with van der Waals surface area (Å²) in [7, 11) is 0. The van der Waals surface area contributed by atoms with Crippen LogP contribution in [0, 0.1) is 0 Å². The van der Waals surface area contributed by atoms with E-state index in [9.17, 15) is 9.59 Å². The number of imidazole rings is 1. The maximum absolute atomic E-state index is 11.8. The van der Waals surface area contributed by atoms with E-state index in [4.69, 9.17) is 16.7 Å². The summed E-state index contributed by atoms with van der Waals surface area (Å²) in [6.07, 6.45) is 4.52. The predicted octanol–water partition coefficient (Wildman–Crippen LogP) is 0.817. The molecule has 0 aromatic carbocycles. The molecule has 2 rings (SSSR count). The van der Waals surface area contributed by atoms with E-state index in [0.29, 0.717) is 10.7 Å². The van der Waals surface area contributed by atoms with Crippen LogP contribution in [0.3, 0.4) is 0 Å². The molecule has 2 aromatic heterocycles. The van der Waals surface area contributed by atoms with Crippen molar-refractivity contribution in [2.75, 3.05) is 0 Å². The van der Waals surface area contributed by atoms with Crippen LogP contribution in [0.2, 0.25) is 5.02 Å². The first-order valence-electron chi connectivity index (χ1n) is 5.41. The number of hydrogen-bond donors (Lipinski definition) is 4. The Morgan fingerprint density at radius 1 is 1.47 bits per heavy atom. The van der Waals surface area contributed by atoms with E-state index in [1.165, 1.54) is 24.8 Å². The Labute approximate surface area is 113 Å². The quantitative estimate of drug-likeness (QED) is 0.650. The van der Waals surface area contributed by atoms with Crippen LogP contribution in [0.4, 0.5) is 0 Å². The van der Waals surface area contributed by atoms with Gasteiger partial charge in [0, 0.05) is 24.5 Å². The standard InChI is InChI=1S/C11H11ClN4O3/c12-6-1-8(14-3-6)10(17)16-9(11(18)19)2-7-4-13-5-15-7/h1,3-5,9,14H,2H2,(H,13,15)(H,16,17)(H,18,19). The third-order valence-corrected chi connectivity index (χ3v) is 2.69. The number of aliphatic carboxylic acids is 1. The minimum Gasteiger partial charge on any atom is -0.480 e. The van der Waals surface area contributed by atoms with Crippen molar-refractivity contribution in [3.8, 4) is 0 Å². The molecule has 1 amide bonds. The van der Waals surface area contributed by atoms with E-state index < -0.39 is 17.9 Å². The zero-order valence-corrected chi connectivity index (χ0v) is 10.4. The summed E-state index contributed by atoms with van der Waals surface area (Å²) in [6, 6.07) is 0.376. The van der Waals surface area contributed by atoms with Gasteiger partial charge in [-0.05, 0) is 6.07 Å². The average Bonchev–Trinajstić information content (AvgIpc) is 2.99. The highest BCUT2D eigenvalue weighted by Gasteiger charge is 2.22. The van der Waals surface area contributed by atoms with Gasteiger partial charge in [-0.1, -0.05) is 11.6 Å². The van der Waals surface area contributed by atoms with Gasteiger partial charge < -0.3 is 20.4 Å². The summed E-state index contributed by atoms with van der Waals surface area (Å²) in [6.45, 7) is 0. The van der Waals surface area contributed by atoms with Gasteiger partial charge in [0.1, 0.15) is 11.7 Å². The van der Waals surface area contributed by atoms with Gasteiger partial charge in [0.25, 0.3) is 5.91 Å². The minimum atomic E-state index is -1.12. The van der Waals surface area contributed by atoms with E-state index in [1.54, 1.807) is 0 Å². The number of halogens is 1. The Morgan fingerprint density at radius 3 is 2.79 bits per heavy atom. The molecule has 0 radical (unpaired) electrons. The van der Waals surface area contributed by atoms with E-state index in [2.05, 4.69) is 20.3 Å². The van der Waals surface area contributed by atoms with Crippen molar-refractivity contribution in [3.63, 3.8) is 0 Å². The molecule has 2 aromatic rings. The third-order valence-electron chi connectivity index (χ3n) is 2.47. The Kier molecular flexibility index (Phi) is 3.86. The fraction of sp³-hybridized carbons (Fsp3) is 0.182. The van der Waals surface area contributed by atoms with Gasteiger partial charge >= 0.3 is 5.97 Å². The lowest BCUT2D eigenvalue weighted by Crippen LogP contribution is -2.42. The molecular weight excluding hydrogens is 272 g/mol. The molecule has 0 aliphatic heterocycles. The maximum atomic E-state index is 11.8. The average molecular weight is 283 g/mol. The molecule has 0 spiro atoms. The van der Waals surface area contributed by atoms with Gasteiger partial charge in [0.15, 0.2) is 0 Å². The van der Waals surface area contributed by atoms with Crippen LogP contribution in [0.15, 0.2) is 24.8 Å². The zero-order chi connectivity index (χ0) is 13.8. The summed E-state index contributed by atoms with van der Waals surface area (Å²) in [5, 5.41) is 11.9. The number of nitrogens with one attached hydrogen (secondary N) is 3. The topological polar surface area (TPSA) is 111 Å². The molecule has 0 saturated carbocycles. The molecule has 2 heterocycles. The Balaban J connectivity index is 2.04. The first-order chi connectivity index (χ1) is 9.06. The van der Waals surface area contributed by atoms with Crippen molar-refractivity contribution in [1.82, 2.24) is 20.3 Å². The third kappa shape index (κ3) is 3.35. The smallest absolute Gasteiger partial charge is 0.326 e. The van der Waals surface area contributed by atoms with Crippen LogP contribution in [-0.2, 0) is 11.2 Å². The maximum Gasteiger partial charge on any atom is 0.326 e. The summed E-state index contributed by atoms with van der Waals surface area (Å²) in [4.78, 5) is 32.2. The fourth-order valence-corrected chi connectivity index (χ4v) is 1.71. The minimum absolute atomic E-state index is 0.121. The Hall–Kier alpha value is -2.28. The molecule has 19 heavy (non-hydrogen) atoms. The molecule has 8 heteroatoms. The normalized spacial score (nSPS) is 12.1. The zero-order valence-electron chi connectivity index (χ0n) is 9.68. The number of amides is 1. The van der Waals surface area contributed by atoms with Crippen LogP contribution in [0.5, 0.6) is 0 Å². The van der Waals surface area contributed by atoms with Crippen molar-refractivity contribution < 1.29 is 14.7 Å². The van der Waals surface area contributed by atoms with Crippen LogP contribution in [0.1, 0.15) is 16.2 Å². The van der Waals surface area contributed by atoms with Gasteiger partial charge in [-0.2, -0.15) is 0 Å². The number of H-pyrrole nitrogens is 2. The molecule has 0 fully saturated rings. The van der Waals surface area contributed by atoms with Gasteiger partial charge in [-0.15, -0.1) is 0 Å². The summed E-state index contributed by atoms with van der Waals surface area (Å²) < 4.78 is 0. The van der Waals surface area contributed by atoms with Crippen molar-refractivity contribution in [3.05, 3.63) is 41.2 Å². The highest BCUT2D eigenvalue weighted by atomic mass is 35.5. The first-order valence-corrected chi connectivity index (χ1v) is 5.79. The Bertz CT molecular complexity index is 579. The van der Waals surface area contributed by atoms with Crippen molar-refractivity contribution in [2.24, 2.45) is 0 Å². The first kappa shape index (κ1) is 13.2. The second-order valence-electron chi connectivity index (χ2n) is 3.88.